The van der Waals surface area contributed by atoms with Crippen molar-refractivity contribution < 1.29 is 4.79 Å². The van der Waals surface area contributed by atoms with Gasteiger partial charge < -0.3 is 21.7 Å². The molecule has 1 aliphatic rings. The van der Waals surface area contributed by atoms with Gasteiger partial charge in [0.2, 0.25) is 0 Å². The number of aromatic nitrogens is 4. The number of carbonyl (C=O) groups is 1. The second kappa shape index (κ2) is 9.79. The summed E-state index contributed by atoms with van der Waals surface area (Å²) >= 11 is 0. The maximum atomic E-state index is 13.0. The molecule has 0 saturated heterocycles. The maximum Gasteiger partial charge on any atom is 0.276 e. The second-order valence-electron chi connectivity index (χ2n) is 8.58. The number of amides is 1. The molecule has 0 bridgehead atoms. The van der Waals surface area contributed by atoms with Crippen LogP contribution in [0.1, 0.15) is 41.7 Å². The Morgan fingerprint density at radius 1 is 1.06 bits per heavy atom. The topological polar surface area (TPSA) is 146 Å². The molecule has 0 unspecified atom stereocenters. The molecule has 3 heterocycles. The number of anilines is 4. The Kier molecular flexibility index (Phi) is 6.24. The van der Waals surface area contributed by atoms with Crippen LogP contribution in [0.3, 0.4) is 0 Å². The van der Waals surface area contributed by atoms with Crippen molar-refractivity contribution in [2.45, 2.75) is 37.8 Å². The van der Waals surface area contributed by atoms with Gasteiger partial charge in [-0.05, 0) is 62.1 Å². The number of pyridine rings is 1. The highest BCUT2D eigenvalue weighted by molar-refractivity contribution is 6.03. The van der Waals surface area contributed by atoms with Gasteiger partial charge >= 0.3 is 0 Å². The molecule has 35 heavy (non-hydrogen) atoms. The van der Waals surface area contributed by atoms with E-state index >= 15 is 0 Å². The molecule has 1 aliphatic carbocycles. The smallest absolute Gasteiger partial charge is 0.276 e. The largest absolute Gasteiger partial charge is 0.366 e. The molecule has 5 N–H and O–H groups in total. The highest BCUT2D eigenvalue weighted by atomic mass is 16.2. The van der Waals surface area contributed by atoms with Gasteiger partial charge in [0.25, 0.3) is 5.91 Å². The lowest BCUT2D eigenvalue weighted by molar-refractivity contribution is 0.102. The van der Waals surface area contributed by atoms with E-state index in [0.717, 1.165) is 31.4 Å². The van der Waals surface area contributed by atoms with Gasteiger partial charge in [0, 0.05) is 41.9 Å². The van der Waals surface area contributed by atoms with Crippen LogP contribution in [0.4, 0.5) is 22.9 Å². The van der Waals surface area contributed by atoms with Gasteiger partial charge in [-0.15, -0.1) is 5.10 Å². The van der Waals surface area contributed by atoms with E-state index in [1.165, 1.54) is 6.20 Å². The number of nitrogens with zero attached hydrogens (tertiary/aromatic N) is 5. The van der Waals surface area contributed by atoms with Crippen molar-refractivity contribution in [1.82, 2.24) is 19.6 Å². The molecular weight excluding hydrogens is 442 g/mol. The summed E-state index contributed by atoms with van der Waals surface area (Å²) in [4.78, 5) is 21.5. The van der Waals surface area contributed by atoms with E-state index in [1.807, 2.05) is 18.2 Å². The molecule has 1 fully saturated rings. The summed E-state index contributed by atoms with van der Waals surface area (Å²) < 4.78 is 1.54. The Morgan fingerprint density at radius 2 is 1.80 bits per heavy atom. The fraction of sp³-hybridized carbons (Fsp3) is 0.240. The Morgan fingerprint density at radius 3 is 2.51 bits per heavy atom. The zero-order valence-electron chi connectivity index (χ0n) is 19.0. The van der Waals surface area contributed by atoms with Crippen LogP contribution in [0.15, 0.2) is 61.1 Å². The molecule has 0 spiro atoms. The van der Waals surface area contributed by atoms with Crippen molar-refractivity contribution in [1.29, 1.82) is 5.26 Å². The average Bonchev–Trinajstić information content (AvgIpc) is 3.31. The van der Waals surface area contributed by atoms with Gasteiger partial charge in [0.15, 0.2) is 11.3 Å². The van der Waals surface area contributed by atoms with Crippen LogP contribution in [-0.4, -0.2) is 37.6 Å². The molecular formula is C25H25N9O. The van der Waals surface area contributed by atoms with Gasteiger partial charge in [-0.1, -0.05) is 0 Å². The third-order valence-corrected chi connectivity index (χ3v) is 6.06. The molecule has 1 amide bonds. The van der Waals surface area contributed by atoms with Crippen molar-refractivity contribution in [3.05, 3.63) is 72.3 Å². The molecule has 3 aromatic heterocycles. The van der Waals surface area contributed by atoms with Crippen molar-refractivity contribution in [3.8, 4) is 6.07 Å². The van der Waals surface area contributed by atoms with Gasteiger partial charge in [-0.25, -0.2) is 9.50 Å². The third kappa shape index (κ3) is 5.05. The normalized spacial score (nSPS) is 17.5. The summed E-state index contributed by atoms with van der Waals surface area (Å²) in [5.74, 6) is 0.298. The standard InChI is InChI=1S/C25H25N9O/c26-14-16-1-5-18(6-2-16)30-21-13-23(31-19-7-3-17(27)4-8-19)33-34-22(15-29-24(21)34)25(35)32-20-9-11-28-12-10-20/h1-2,5-6,9-13,15,17,19,30H,3-4,7-8,27H2,(H,31,33)(H,28,32,35). The van der Waals surface area contributed by atoms with E-state index in [-0.39, 0.29) is 18.0 Å². The molecule has 10 nitrogen and oxygen atoms in total. The van der Waals surface area contributed by atoms with Crippen LogP contribution in [0.5, 0.6) is 0 Å². The van der Waals surface area contributed by atoms with Crippen LogP contribution in [0.25, 0.3) is 5.65 Å². The summed E-state index contributed by atoms with van der Waals surface area (Å²) in [6, 6.07) is 15.1. The SMILES string of the molecule is N#Cc1ccc(Nc2cc(NC3CCC(N)CC3)nn3c(C(=O)Nc4ccncc4)cnc23)cc1. The number of carbonyl (C=O) groups excluding carboxylic acids is 1. The number of nitrogens with two attached hydrogens (primary N) is 1. The van der Waals surface area contributed by atoms with E-state index in [1.54, 1.807) is 41.2 Å². The van der Waals surface area contributed by atoms with Crippen LogP contribution in [-0.2, 0) is 0 Å². The highest BCUT2D eigenvalue weighted by Crippen LogP contribution is 2.27. The van der Waals surface area contributed by atoms with E-state index in [4.69, 9.17) is 16.1 Å². The number of fused-ring (bicyclic) bond motifs is 1. The summed E-state index contributed by atoms with van der Waals surface area (Å²) in [6.45, 7) is 0. The first kappa shape index (κ1) is 22.3. The monoisotopic (exact) mass is 467 g/mol. The zero-order valence-corrected chi connectivity index (χ0v) is 19.0. The van der Waals surface area contributed by atoms with Crippen LogP contribution in [0.2, 0.25) is 0 Å². The Labute approximate surface area is 202 Å². The summed E-state index contributed by atoms with van der Waals surface area (Å²) in [6.07, 6.45) is 8.56. The predicted octanol–water partition coefficient (Wildman–Crippen LogP) is 3.67. The lowest BCUT2D eigenvalue weighted by Crippen LogP contribution is -2.33. The fourth-order valence-corrected chi connectivity index (χ4v) is 4.17. The van der Waals surface area contributed by atoms with E-state index in [2.05, 4.69) is 32.0 Å². The van der Waals surface area contributed by atoms with Gasteiger partial charge in [-0.3, -0.25) is 9.78 Å². The number of imidazole rings is 1. The van der Waals surface area contributed by atoms with Gasteiger partial charge in [0.1, 0.15) is 5.82 Å². The molecule has 4 aromatic rings. The molecule has 176 valence electrons. The van der Waals surface area contributed by atoms with Crippen molar-refractivity contribution >= 4 is 34.4 Å². The zero-order chi connectivity index (χ0) is 24.2. The molecule has 1 saturated carbocycles. The number of hydrogen-bond acceptors (Lipinski definition) is 8. The van der Waals surface area contributed by atoms with Crippen LogP contribution < -0.4 is 21.7 Å². The molecule has 5 rings (SSSR count). The average molecular weight is 468 g/mol. The number of rotatable bonds is 6. The minimum Gasteiger partial charge on any atom is -0.366 e. The number of nitriles is 1. The lowest BCUT2D eigenvalue weighted by atomic mass is 9.92. The Bertz CT molecular complexity index is 1370. The second-order valence-corrected chi connectivity index (χ2v) is 8.58. The van der Waals surface area contributed by atoms with Crippen LogP contribution in [0, 0.1) is 11.3 Å². The third-order valence-electron chi connectivity index (χ3n) is 6.06. The molecule has 0 radical (unpaired) electrons. The van der Waals surface area contributed by atoms with Crippen molar-refractivity contribution in [2.75, 3.05) is 16.0 Å². The number of nitrogens with one attached hydrogen (secondary N) is 3. The quantitative estimate of drug-likeness (QED) is 0.336. The summed E-state index contributed by atoms with van der Waals surface area (Å²) in [5.41, 5.74) is 9.54. The number of benzene rings is 1. The van der Waals surface area contributed by atoms with E-state index in [9.17, 15) is 4.79 Å². The molecule has 10 heteroatoms. The van der Waals surface area contributed by atoms with Crippen molar-refractivity contribution in [3.63, 3.8) is 0 Å². The molecule has 0 atom stereocenters. The maximum absolute atomic E-state index is 13.0. The van der Waals surface area contributed by atoms with E-state index in [0.29, 0.717) is 34.1 Å². The van der Waals surface area contributed by atoms with Gasteiger partial charge in [0.05, 0.1) is 23.5 Å². The first-order chi connectivity index (χ1) is 17.1. The summed E-state index contributed by atoms with van der Waals surface area (Å²) in [5, 5.41) is 23.5. The molecule has 1 aromatic carbocycles. The first-order valence-electron chi connectivity index (χ1n) is 11.5. The lowest BCUT2D eigenvalue weighted by Gasteiger charge is -2.27. The van der Waals surface area contributed by atoms with Gasteiger partial charge in [-0.2, -0.15) is 5.26 Å². The predicted molar refractivity (Wildman–Crippen MR) is 133 cm³/mol. The number of hydrogen-bond donors (Lipinski definition) is 4. The molecule has 0 aliphatic heterocycles. The van der Waals surface area contributed by atoms with Crippen molar-refractivity contribution in [2.24, 2.45) is 5.73 Å². The minimum atomic E-state index is -0.332. The highest BCUT2D eigenvalue weighted by Gasteiger charge is 2.21. The first-order valence-corrected chi connectivity index (χ1v) is 11.5. The van der Waals surface area contributed by atoms with Crippen LogP contribution >= 0.6 is 0 Å². The Balaban J connectivity index is 1.49. The Hall–Kier alpha value is -4.49. The van der Waals surface area contributed by atoms with E-state index < -0.39 is 0 Å². The fourth-order valence-electron chi connectivity index (χ4n) is 4.17. The minimum absolute atomic E-state index is 0.245. The summed E-state index contributed by atoms with van der Waals surface area (Å²) in [7, 11) is 0.